The van der Waals surface area contributed by atoms with Crippen molar-refractivity contribution in [2.24, 2.45) is 0 Å². The van der Waals surface area contributed by atoms with Gasteiger partial charge in [-0.3, -0.25) is 9.59 Å². The zero-order valence-corrected chi connectivity index (χ0v) is 17.8. The van der Waals surface area contributed by atoms with Crippen molar-refractivity contribution in [3.05, 3.63) is 24.3 Å². The first-order valence-corrected chi connectivity index (χ1v) is 10.3. The number of esters is 1. The molecule has 5 heteroatoms. The topological polar surface area (TPSA) is 63.6 Å². The van der Waals surface area contributed by atoms with E-state index in [1.54, 1.807) is 6.08 Å². The summed E-state index contributed by atoms with van der Waals surface area (Å²) < 4.78 is 5.87. The Labute approximate surface area is 165 Å². The van der Waals surface area contributed by atoms with Crippen LogP contribution in [0.2, 0.25) is 0 Å². The van der Waals surface area contributed by atoms with E-state index in [9.17, 15) is 9.59 Å². The van der Waals surface area contributed by atoms with E-state index in [0.717, 1.165) is 6.42 Å². The lowest BCUT2D eigenvalue weighted by Gasteiger charge is -2.28. The molecule has 0 aromatic heterocycles. The quantitative estimate of drug-likeness (QED) is 0.181. The third-order valence-electron chi connectivity index (χ3n) is 4.09. The summed E-state index contributed by atoms with van der Waals surface area (Å²) in [4.78, 5) is 22.8. The van der Waals surface area contributed by atoms with Crippen molar-refractivity contribution in [2.75, 3.05) is 27.7 Å². The molecule has 0 rings (SSSR count). The van der Waals surface area contributed by atoms with Crippen LogP contribution < -0.4 is 0 Å². The van der Waals surface area contributed by atoms with E-state index in [1.807, 2.05) is 33.3 Å². The maximum atomic E-state index is 11.9. The van der Waals surface area contributed by atoms with Crippen molar-refractivity contribution in [1.29, 1.82) is 0 Å². The predicted octanol–water partition coefficient (Wildman–Crippen LogP) is 4.72. The Bertz CT molecular complexity index is 463. The van der Waals surface area contributed by atoms with Gasteiger partial charge in [0.25, 0.3) is 0 Å². The molecule has 0 aromatic rings. The normalized spacial score (nSPS) is 13.3. The highest BCUT2D eigenvalue weighted by Gasteiger charge is 2.24. The van der Waals surface area contributed by atoms with Crippen molar-refractivity contribution in [1.82, 2.24) is 0 Å². The summed E-state index contributed by atoms with van der Waals surface area (Å²) in [5.74, 6) is -1.34. The standard InChI is InChI=1S/C22H39NO4/c1-5-6-7-8-9-10-11-12-13-14-15-16-17-22(26)27-20(18-21(24)25)19-23(2,3)4/h13-16,20H,5-12,17-19H2,1-4H3/p+1/b14-13+,16-15+. The van der Waals surface area contributed by atoms with Crippen LogP contribution >= 0.6 is 0 Å². The van der Waals surface area contributed by atoms with E-state index in [-0.39, 0.29) is 18.8 Å². The van der Waals surface area contributed by atoms with Crippen LogP contribution in [0, 0.1) is 0 Å². The highest BCUT2D eigenvalue weighted by Crippen LogP contribution is 2.09. The summed E-state index contributed by atoms with van der Waals surface area (Å²) in [6.45, 7) is 2.71. The third kappa shape index (κ3) is 19.0. The molecule has 0 saturated heterocycles. The second-order valence-corrected chi connectivity index (χ2v) is 8.15. The molecule has 0 saturated carbocycles. The largest absolute Gasteiger partial charge is 0.481 e. The van der Waals surface area contributed by atoms with E-state index in [2.05, 4.69) is 13.0 Å². The van der Waals surface area contributed by atoms with Gasteiger partial charge in [-0.1, -0.05) is 69.8 Å². The van der Waals surface area contributed by atoms with Gasteiger partial charge < -0.3 is 14.3 Å². The molecule has 156 valence electrons. The number of unbranched alkanes of at least 4 members (excludes halogenated alkanes) is 7. The Morgan fingerprint density at radius 1 is 0.963 bits per heavy atom. The highest BCUT2D eigenvalue weighted by atomic mass is 16.5. The molecule has 27 heavy (non-hydrogen) atoms. The molecular formula is C22H40NO4+. The summed E-state index contributed by atoms with van der Waals surface area (Å²) in [5.41, 5.74) is 0. The van der Waals surface area contributed by atoms with Gasteiger partial charge in [0.1, 0.15) is 6.54 Å². The molecule has 1 unspecified atom stereocenters. The van der Waals surface area contributed by atoms with Gasteiger partial charge in [-0.2, -0.15) is 0 Å². The van der Waals surface area contributed by atoms with E-state index in [1.165, 1.54) is 44.9 Å². The lowest BCUT2D eigenvalue weighted by molar-refractivity contribution is -0.873. The number of carbonyl (C=O) groups excluding carboxylic acids is 1. The molecule has 0 aliphatic heterocycles. The molecule has 0 fully saturated rings. The van der Waals surface area contributed by atoms with Crippen LogP contribution in [0.1, 0.15) is 71.1 Å². The lowest BCUT2D eigenvalue weighted by Crippen LogP contribution is -2.43. The van der Waals surface area contributed by atoms with Crippen molar-refractivity contribution in [3.8, 4) is 0 Å². The Hall–Kier alpha value is -1.62. The van der Waals surface area contributed by atoms with Crippen molar-refractivity contribution in [2.45, 2.75) is 77.2 Å². The first kappa shape index (κ1) is 25.4. The summed E-state index contributed by atoms with van der Waals surface area (Å²) in [7, 11) is 5.83. The molecule has 0 radical (unpaired) electrons. The summed E-state index contributed by atoms with van der Waals surface area (Å²) in [5, 5.41) is 8.96. The van der Waals surface area contributed by atoms with E-state index >= 15 is 0 Å². The Balaban J connectivity index is 3.95. The molecular weight excluding hydrogens is 342 g/mol. The molecule has 0 aromatic carbocycles. The fraction of sp³-hybridized carbons (Fsp3) is 0.727. The van der Waals surface area contributed by atoms with Gasteiger partial charge >= 0.3 is 11.9 Å². The minimum absolute atomic E-state index is 0.162. The van der Waals surface area contributed by atoms with Gasteiger partial charge in [0, 0.05) is 0 Å². The lowest BCUT2D eigenvalue weighted by atomic mass is 10.1. The molecule has 1 N–H and O–H groups in total. The fourth-order valence-electron chi connectivity index (χ4n) is 2.82. The zero-order valence-electron chi connectivity index (χ0n) is 17.8. The predicted molar refractivity (Wildman–Crippen MR) is 111 cm³/mol. The molecule has 1 atom stereocenters. The maximum absolute atomic E-state index is 11.9. The van der Waals surface area contributed by atoms with Crippen LogP contribution in [0.25, 0.3) is 0 Å². The van der Waals surface area contributed by atoms with Crippen LogP contribution in [0.5, 0.6) is 0 Å². The monoisotopic (exact) mass is 382 g/mol. The Morgan fingerprint density at radius 3 is 2.15 bits per heavy atom. The Kier molecular flexibility index (Phi) is 14.5. The number of carbonyl (C=O) groups is 2. The molecule has 0 bridgehead atoms. The van der Waals surface area contributed by atoms with Gasteiger partial charge in [0.05, 0.1) is 34.0 Å². The van der Waals surface area contributed by atoms with Crippen molar-refractivity contribution < 1.29 is 23.9 Å². The van der Waals surface area contributed by atoms with Gasteiger partial charge in [0.2, 0.25) is 0 Å². The first-order chi connectivity index (χ1) is 12.7. The summed E-state index contributed by atoms with van der Waals surface area (Å²) >= 11 is 0. The molecule has 5 nitrogen and oxygen atoms in total. The van der Waals surface area contributed by atoms with Crippen LogP contribution in [0.4, 0.5) is 0 Å². The van der Waals surface area contributed by atoms with E-state index < -0.39 is 12.1 Å². The number of likely N-dealkylation sites (N-methyl/N-ethyl adjacent to an activating group) is 1. The Morgan fingerprint density at radius 2 is 1.56 bits per heavy atom. The van der Waals surface area contributed by atoms with Crippen LogP contribution in [0.15, 0.2) is 24.3 Å². The number of nitrogens with zero attached hydrogens (tertiary/aromatic N) is 1. The molecule has 0 spiro atoms. The average Bonchev–Trinajstić information content (AvgIpc) is 2.53. The number of hydrogen-bond acceptors (Lipinski definition) is 3. The molecule has 0 aliphatic carbocycles. The first-order valence-electron chi connectivity index (χ1n) is 10.3. The number of aliphatic carboxylic acids is 1. The SMILES string of the molecule is CCCCCCCCC/C=C/C=C/CC(=O)OC(CC(=O)O)C[N+](C)(C)C. The number of carboxylic acids is 1. The number of quaternary nitrogens is 1. The number of hydrogen-bond donors (Lipinski definition) is 1. The van der Waals surface area contributed by atoms with Gasteiger partial charge in [-0.15, -0.1) is 0 Å². The number of rotatable bonds is 16. The average molecular weight is 383 g/mol. The summed E-state index contributed by atoms with van der Waals surface area (Å²) in [6.07, 6.45) is 17.3. The molecule has 0 aliphatic rings. The van der Waals surface area contributed by atoms with Gasteiger partial charge in [0.15, 0.2) is 6.10 Å². The smallest absolute Gasteiger partial charge is 0.310 e. The summed E-state index contributed by atoms with van der Waals surface area (Å²) in [6, 6.07) is 0. The van der Waals surface area contributed by atoms with Gasteiger partial charge in [-0.05, 0) is 12.8 Å². The zero-order chi connectivity index (χ0) is 20.5. The van der Waals surface area contributed by atoms with Crippen molar-refractivity contribution >= 4 is 11.9 Å². The van der Waals surface area contributed by atoms with Crippen LogP contribution in [-0.2, 0) is 14.3 Å². The number of carboxylic acid groups (broad SMARTS) is 1. The fourth-order valence-corrected chi connectivity index (χ4v) is 2.82. The van der Waals surface area contributed by atoms with Crippen molar-refractivity contribution in [3.63, 3.8) is 0 Å². The van der Waals surface area contributed by atoms with E-state index in [4.69, 9.17) is 9.84 Å². The minimum Gasteiger partial charge on any atom is -0.481 e. The molecule has 0 heterocycles. The second-order valence-electron chi connectivity index (χ2n) is 8.15. The van der Waals surface area contributed by atoms with E-state index in [0.29, 0.717) is 11.0 Å². The second kappa shape index (κ2) is 15.4. The highest BCUT2D eigenvalue weighted by molar-refractivity contribution is 5.72. The maximum Gasteiger partial charge on any atom is 0.310 e. The van der Waals surface area contributed by atoms with Crippen LogP contribution in [0.3, 0.4) is 0 Å². The van der Waals surface area contributed by atoms with Gasteiger partial charge in [-0.25, -0.2) is 0 Å². The minimum atomic E-state index is -0.954. The number of ether oxygens (including phenoxy) is 1. The van der Waals surface area contributed by atoms with Crippen LogP contribution in [-0.4, -0.2) is 55.3 Å². The third-order valence-corrected chi connectivity index (χ3v) is 4.09. The molecule has 0 amide bonds. The number of allylic oxidation sites excluding steroid dienone is 3.